The molecule has 4 aromatic heterocycles. The molecule has 0 saturated heterocycles. The van der Waals surface area contributed by atoms with Gasteiger partial charge in [0.1, 0.15) is 17.0 Å². The van der Waals surface area contributed by atoms with Crippen molar-refractivity contribution >= 4 is 27.6 Å². The Bertz CT molecular complexity index is 1800. The number of aromatic amines is 2. The Morgan fingerprint density at radius 1 is 0.974 bits per heavy atom. The third-order valence-electron chi connectivity index (χ3n) is 6.19. The van der Waals surface area contributed by atoms with Crippen molar-refractivity contribution in [2.45, 2.75) is 0 Å². The lowest BCUT2D eigenvalue weighted by Gasteiger charge is -2.14. The highest BCUT2D eigenvalue weighted by molar-refractivity contribution is 5.97. The summed E-state index contributed by atoms with van der Waals surface area (Å²) >= 11 is 0. The van der Waals surface area contributed by atoms with E-state index in [0.717, 1.165) is 45.5 Å². The van der Waals surface area contributed by atoms with Crippen molar-refractivity contribution in [3.8, 4) is 33.9 Å². The second-order valence-electron chi connectivity index (χ2n) is 9.41. The van der Waals surface area contributed by atoms with Gasteiger partial charge in [-0.15, -0.1) is 0 Å². The van der Waals surface area contributed by atoms with Gasteiger partial charge in [0.2, 0.25) is 0 Å². The van der Waals surface area contributed by atoms with Crippen LogP contribution >= 0.6 is 0 Å². The third kappa shape index (κ3) is 4.51. The molecule has 6 aromatic rings. The average Bonchev–Trinajstić information content (AvgIpc) is 3.52. The van der Waals surface area contributed by atoms with Crippen LogP contribution in [0.25, 0.3) is 55.8 Å². The quantitative estimate of drug-likeness (QED) is 0.252. The number of hydrogen-bond acceptors (Lipinski definition) is 6. The molecule has 0 bridgehead atoms. The SMILES string of the molecule is C=C(CN(C)C)Nc1cncc(-c2ccc3[nH]nc(-c4nc5c(-c6cccc(F)c6)nccc5[nH]4)c3c2)c1. The van der Waals surface area contributed by atoms with Crippen molar-refractivity contribution in [3.63, 3.8) is 0 Å². The summed E-state index contributed by atoms with van der Waals surface area (Å²) in [7, 11) is 4.00. The van der Waals surface area contributed by atoms with Gasteiger partial charge in [-0.05, 0) is 56.1 Å². The maximum absolute atomic E-state index is 13.9. The van der Waals surface area contributed by atoms with E-state index < -0.39 is 0 Å². The van der Waals surface area contributed by atoms with Gasteiger partial charge in [-0.1, -0.05) is 24.8 Å². The molecule has 0 amide bonds. The largest absolute Gasteiger partial charge is 0.357 e. The van der Waals surface area contributed by atoms with Gasteiger partial charge in [-0.3, -0.25) is 15.1 Å². The maximum Gasteiger partial charge on any atom is 0.159 e. The lowest BCUT2D eigenvalue weighted by molar-refractivity contribution is 0.447. The third-order valence-corrected chi connectivity index (χ3v) is 6.19. The van der Waals surface area contributed by atoms with Crippen molar-refractivity contribution in [1.29, 1.82) is 0 Å². The first-order chi connectivity index (χ1) is 18.4. The lowest BCUT2D eigenvalue weighted by Crippen LogP contribution is -2.18. The van der Waals surface area contributed by atoms with Crippen LogP contribution in [0.2, 0.25) is 0 Å². The second-order valence-corrected chi connectivity index (χ2v) is 9.41. The van der Waals surface area contributed by atoms with Crippen molar-refractivity contribution in [1.82, 2.24) is 35.0 Å². The molecule has 8 nitrogen and oxygen atoms in total. The molecule has 0 aliphatic rings. The van der Waals surface area contributed by atoms with Crippen molar-refractivity contribution in [2.75, 3.05) is 26.0 Å². The van der Waals surface area contributed by atoms with Crippen molar-refractivity contribution < 1.29 is 4.39 Å². The monoisotopic (exact) mass is 504 g/mol. The molecule has 0 aliphatic carbocycles. The van der Waals surface area contributed by atoms with E-state index in [0.29, 0.717) is 28.3 Å². The highest BCUT2D eigenvalue weighted by Crippen LogP contribution is 2.33. The minimum absolute atomic E-state index is 0.321. The fourth-order valence-electron chi connectivity index (χ4n) is 4.56. The van der Waals surface area contributed by atoms with Gasteiger partial charge >= 0.3 is 0 Å². The first-order valence-electron chi connectivity index (χ1n) is 12.1. The normalized spacial score (nSPS) is 11.5. The molecule has 9 heteroatoms. The van der Waals surface area contributed by atoms with E-state index in [1.807, 2.05) is 50.6 Å². The Morgan fingerprint density at radius 3 is 2.71 bits per heavy atom. The standard InChI is InChI=1S/C29H25FN8/c1-17(16-38(2)3)33-22-12-20(14-31-15-22)18-7-8-24-23(13-18)27(37-36-24)29-34-25-9-10-32-26(28(25)35-29)19-5-4-6-21(30)11-19/h4-15,33H,1,16H2,2-3H3,(H,34,35)(H,36,37). The Balaban J connectivity index is 1.38. The molecule has 0 atom stereocenters. The topological polar surface area (TPSA) is 98.4 Å². The highest BCUT2D eigenvalue weighted by Gasteiger charge is 2.17. The second kappa shape index (κ2) is 9.53. The van der Waals surface area contributed by atoms with Gasteiger partial charge in [-0.2, -0.15) is 5.10 Å². The Kier molecular flexibility index (Phi) is 5.89. The van der Waals surface area contributed by atoms with Crippen molar-refractivity contribution in [2.24, 2.45) is 0 Å². The number of pyridine rings is 2. The molecular formula is C29H25FN8. The summed E-state index contributed by atoms with van der Waals surface area (Å²) in [6, 6.07) is 16.4. The maximum atomic E-state index is 13.9. The van der Waals surface area contributed by atoms with Crippen LogP contribution in [-0.4, -0.2) is 55.7 Å². The molecule has 188 valence electrons. The number of rotatable bonds is 7. The first-order valence-corrected chi connectivity index (χ1v) is 12.1. The minimum atomic E-state index is -0.321. The number of benzene rings is 2. The number of halogens is 1. The van der Waals surface area contributed by atoms with E-state index in [9.17, 15) is 4.39 Å². The lowest BCUT2D eigenvalue weighted by atomic mass is 10.0. The summed E-state index contributed by atoms with van der Waals surface area (Å²) in [5, 5.41) is 11.9. The van der Waals surface area contributed by atoms with E-state index in [2.05, 4.69) is 48.0 Å². The molecule has 0 unspecified atom stereocenters. The van der Waals surface area contributed by atoms with Crippen LogP contribution in [0.3, 0.4) is 0 Å². The Morgan fingerprint density at radius 2 is 1.87 bits per heavy atom. The molecule has 6 rings (SSSR count). The fraction of sp³-hybridized carbons (Fsp3) is 0.103. The van der Waals surface area contributed by atoms with Gasteiger partial charge in [0.05, 0.1) is 28.6 Å². The molecule has 0 saturated carbocycles. The first kappa shape index (κ1) is 23.5. The van der Waals surface area contributed by atoms with Crippen LogP contribution in [-0.2, 0) is 0 Å². The van der Waals surface area contributed by atoms with E-state index in [1.54, 1.807) is 18.5 Å². The van der Waals surface area contributed by atoms with Crippen LogP contribution in [0, 0.1) is 5.82 Å². The summed E-state index contributed by atoms with van der Waals surface area (Å²) < 4.78 is 13.9. The average molecular weight is 505 g/mol. The smallest absolute Gasteiger partial charge is 0.159 e. The number of H-pyrrole nitrogens is 2. The molecule has 3 N–H and O–H groups in total. The zero-order valence-corrected chi connectivity index (χ0v) is 21.0. The highest BCUT2D eigenvalue weighted by atomic mass is 19.1. The number of nitrogens with zero attached hydrogens (tertiary/aromatic N) is 5. The summed E-state index contributed by atoms with van der Waals surface area (Å²) in [4.78, 5) is 19.1. The van der Waals surface area contributed by atoms with E-state index >= 15 is 0 Å². The summed E-state index contributed by atoms with van der Waals surface area (Å²) in [6.07, 6.45) is 5.30. The summed E-state index contributed by atoms with van der Waals surface area (Å²) in [5.74, 6) is 0.279. The molecule has 0 spiro atoms. The van der Waals surface area contributed by atoms with Gasteiger partial charge in [-0.25, -0.2) is 9.37 Å². The van der Waals surface area contributed by atoms with Gasteiger partial charge in [0, 0.05) is 41.1 Å². The van der Waals surface area contributed by atoms with Crippen LogP contribution < -0.4 is 5.32 Å². The van der Waals surface area contributed by atoms with Crippen molar-refractivity contribution in [3.05, 3.63) is 91.3 Å². The zero-order valence-electron chi connectivity index (χ0n) is 21.0. The Hall–Kier alpha value is -4.89. The van der Waals surface area contributed by atoms with E-state index in [4.69, 9.17) is 4.98 Å². The summed E-state index contributed by atoms with van der Waals surface area (Å²) in [5.41, 5.74) is 8.00. The number of fused-ring (bicyclic) bond motifs is 2. The predicted octanol–water partition coefficient (Wildman–Crippen LogP) is 5.86. The summed E-state index contributed by atoms with van der Waals surface area (Å²) in [6.45, 7) is 4.82. The Labute approximate surface area is 218 Å². The number of nitrogens with one attached hydrogen (secondary N) is 3. The van der Waals surface area contributed by atoms with Crippen LogP contribution in [0.4, 0.5) is 10.1 Å². The number of aromatic nitrogens is 6. The zero-order chi connectivity index (χ0) is 26.2. The molecule has 2 aromatic carbocycles. The van der Waals surface area contributed by atoms with Crippen LogP contribution in [0.5, 0.6) is 0 Å². The predicted molar refractivity (Wildman–Crippen MR) is 149 cm³/mol. The molecule has 0 aliphatic heterocycles. The number of likely N-dealkylation sites (N-methyl/N-ethyl adjacent to an activating group) is 1. The van der Waals surface area contributed by atoms with Crippen LogP contribution in [0.1, 0.15) is 0 Å². The minimum Gasteiger partial charge on any atom is -0.357 e. The van der Waals surface area contributed by atoms with E-state index in [-0.39, 0.29) is 5.82 Å². The van der Waals surface area contributed by atoms with E-state index in [1.165, 1.54) is 12.1 Å². The molecule has 38 heavy (non-hydrogen) atoms. The van der Waals surface area contributed by atoms with Gasteiger partial charge in [0.15, 0.2) is 5.82 Å². The van der Waals surface area contributed by atoms with Gasteiger partial charge in [0.25, 0.3) is 0 Å². The number of hydrogen-bond donors (Lipinski definition) is 3. The fourth-order valence-corrected chi connectivity index (χ4v) is 4.56. The van der Waals surface area contributed by atoms with Crippen LogP contribution in [0.15, 0.2) is 85.5 Å². The molecule has 0 radical (unpaired) electrons. The molecular weight excluding hydrogens is 479 g/mol. The van der Waals surface area contributed by atoms with Gasteiger partial charge < -0.3 is 15.2 Å². The molecule has 4 heterocycles. The number of imidazole rings is 1. The molecule has 0 fully saturated rings. The number of anilines is 1.